The summed E-state index contributed by atoms with van der Waals surface area (Å²) in [5.74, 6) is 0. The number of pyridine rings is 1. The Morgan fingerprint density at radius 3 is 2.92 bits per heavy atom. The summed E-state index contributed by atoms with van der Waals surface area (Å²) in [6, 6.07) is 5.71. The highest BCUT2D eigenvalue weighted by atomic mass is 15.1. The third-order valence-electron chi connectivity index (χ3n) is 1.60. The number of aromatic nitrogens is 1. The van der Waals surface area contributed by atoms with Crippen LogP contribution in [0.25, 0.3) is 0 Å². The molecule has 0 unspecified atom stereocenters. The largest absolute Gasteiger partial charge is 0.305 e. The molecule has 0 amide bonds. The van der Waals surface area contributed by atoms with Gasteiger partial charge < -0.3 is 4.90 Å². The van der Waals surface area contributed by atoms with E-state index in [4.69, 9.17) is 5.26 Å². The SMILES string of the molecule is CCN(C#N)Cc1ccccn1. The topological polar surface area (TPSA) is 39.9 Å². The van der Waals surface area contributed by atoms with E-state index in [1.165, 1.54) is 0 Å². The highest BCUT2D eigenvalue weighted by Gasteiger charge is 1.99. The second kappa shape index (κ2) is 4.35. The van der Waals surface area contributed by atoms with Crippen LogP contribution in [0.15, 0.2) is 24.4 Å². The monoisotopic (exact) mass is 161 g/mol. The first-order valence-electron chi connectivity index (χ1n) is 3.91. The van der Waals surface area contributed by atoms with Gasteiger partial charge in [-0.3, -0.25) is 4.98 Å². The van der Waals surface area contributed by atoms with Crippen molar-refractivity contribution in [1.29, 1.82) is 5.26 Å². The van der Waals surface area contributed by atoms with E-state index in [2.05, 4.69) is 11.2 Å². The summed E-state index contributed by atoms with van der Waals surface area (Å²) in [4.78, 5) is 5.78. The molecular weight excluding hydrogens is 150 g/mol. The summed E-state index contributed by atoms with van der Waals surface area (Å²) < 4.78 is 0. The quantitative estimate of drug-likeness (QED) is 0.496. The van der Waals surface area contributed by atoms with Gasteiger partial charge in [0.2, 0.25) is 0 Å². The van der Waals surface area contributed by atoms with Crippen molar-refractivity contribution in [3.8, 4) is 6.19 Å². The number of hydrogen-bond acceptors (Lipinski definition) is 3. The van der Waals surface area contributed by atoms with Crippen LogP contribution < -0.4 is 0 Å². The highest BCUT2D eigenvalue weighted by molar-refractivity contribution is 5.03. The molecule has 0 aliphatic heterocycles. The van der Waals surface area contributed by atoms with E-state index in [-0.39, 0.29) is 0 Å². The fourth-order valence-corrected chi connectivity index (χ4v) is 0.905. The van der Waals surface area contributed by atoms with Gasteiger partial charge >= 0.3 is 0 Å². The highest BCUT2D eigenvalue weighted by Crippen LogP contribution is 1.98. The predicted molar refractivity (Wildman–Crippen MR) is 45.9 cm³/mol. The molecule has 0 radical (unpaired) electrons. The average molecular weight is 161 g/mol. The van der Waals surface area contributed by atoms with E-state index in [9.17, 15) is 0 Å². The molecular formula is C9H11N3. The molecule has 0 bridgehead atoms. The first-order valence-corrected chi connectivity index (χ1v) is 3.91. The predicted octanol–water partition coefficient (Wildman–Crippen LogP) is 1.38. The maximum Gasteiger partial charge on any atom is 0.179 e. The fraction of sp³-hybridized carbons (Fsp3) is 0.333. The van der Waals surface area contributed by atoms with Gasteiger partial charge in [-0.25, -0.2) is 0 Å². The van der Waals surface area contributed by atoms with E-state index in [0.717, 1.165) is 12.2 Å². The van der Waals surface area contributed by atoms with Crippen LogP contribution in [0.3, 0.4) is 0 Å². The maximum atomic E-state index is 8.64. The smallest absolute Gasteiger partial charge is 0.179 e. The Morgan fingerprint density at radius 2 is 2.42 bits per heavy atom. The average Bonchev–Trinajstić information content (AvgIpc) is 2.16. The summed E-state index contributed by atoms with van der Waals surface area (Å²) in [6.07, 6.45) is 3.83. The molecule has 0 N–H and O–H groups in total. The number of nitrogens with zero attached hydrogens (tertiary/aromatic N) is 3. The molecule has 0 saturated heterocycles. The van der Waals surface area contributed by atoms with E-state index in [1.54, 1.807) is 11.1 Å². The Kier molecular flexibility index (Phi) is 3.09. The van der Waals surface area contributed by atoms with Gasteiger partial charge in [0.25, 0.3) is 0 Å². The van der Waals surface area contributed by atoms with Crippen LogP contribution in [0.5, 0.6) is 0 Å². The minimum Gasteiger partial charge on any atom is -0.305 e. The minimum absolute atomic E-state index is 0.605. The zero-order chi connectivity index (χ0) is 8.81. The van der Waals surface area contributed by atoms with Crippen molar-refractivity contribution in [1.82, 2.24) is 9.88 Å². The van der Waals surface area contributed by atoms with Crippen LogP contribution in [0.2, 0.25) is 0 Å². The molecule has 0 spiro atoms. The molecule has 0 aliphatic rings. The van der Waals surface area contributed by atoms with Gasteiger partial charge in [-0.2, -0.15) is 5.26 Å². The van der Waals surface area contributed by atoms with Gasteiger partial charge in [0, 0.05) is 12.7 Å². The molecule has 3 nitrogen and oxygen atoms in total. The second-order valence-electron chi connectivity index (χ2n) is 2.44. The Morgan fingerprint density at radius 1 is 1.58 bits per heavy atom. The van der Waals surface area contributed by atoms with Crippen molar-refractivity contribution in [2.75, 3.05) is 6.54 Å². The maximum absolute atomic E-state index is 8.64. The summed E-state index contributed by atoms with van der Waals surface area (Å²) in [5.41, 5.74) is 0.931. The normalized spacial score (nSPS) is 9.00. The van der Waals surface area contributed by atoms with Crippen LogP contribution in [-0.4, -0.2) is 16.4 Å². The van der Waals surface area contributed by atoms with E-state index in [1.807, 2.05) is 25.1 Å². The van der Waals surface area contributed by atoms with Crippen molar-refractivity contribution in [3.63, 3.8) is 0 Å². The number of hydrogen-bond donors (Lipinski definition) is 0. The van der Waals surface area contributed by atoms with Crippen molar-refractivity contribution in [2.45, 2.75) is 13.5 Å². The Hall–Kier alpha value is -1.56. The Balaban J connectivity index is 2.58. The summed E-state index contributed by atoms with van der Waals surface area (Å²) >= 11 is 0. The van der Waals surface area contributed by atoms with Gasteiger partial charge in [-0.05, 0) is 19.1 Å². The number of nitriles is 1. The molecule has 1 aromatic rings. The third kappa shape index (κ3) is 2.24. The zero-order valence-corrected chi connectivity index (χ0v) is 7.07. The molecule has 12 heavy (non-hydrogen) atoms. The van der Waals surface area contributed by atoms with Crippen molar-refractivity contribution in [3.05, 3.63) is 30.1 Å². The lowest BCUT2D eigenvalue weighted by Crippen LogP contribution is -2.16. The molecule has 1 heterocycles. The molecule has 62 valence electrons. The molecule has 0 aliphatic carbocycles. The lowest BCUT2D eigenvalue weighted by atomic mass is 10.3. The van der Waals surface area contributed by atoms with E-state index in [0.29, 0.717) is 6.54 Å². The molecule has 1 rings (SSSR count). The first-order chi connectivity index (χ1) is 5.86. The summed E-state index contributed by atoms with van der Waals surface area (Å²) in [7, 11) is 0. The first kappa shape index (κ1) is 8.54. The van der Waals surface area contributed by atoms with Gasteiger partial charge in [-0.1, -0.05) is 6.07 Å². The van der Waals surface area contributed by atoms with Gasteiger partial charge in [0.1, 0.15) is 0 Å². The summed E-state index contributed by atoms with van der Waals surface area (Å²) in [6.45, 7) is 3.28. The number of rotatable bonds is 3. The van der Waals surface area contributed by atoms with Crippen LogP contribution in [0, 0.1) is 11.5 Å². The van der Waals surface area contributed by atoms with Gasteiger partial charge in [0.15, 0.2) is 6.19 Å². The van der Waals surface area contributed by atoms with Crippen LogP contribution in [0.1, 0.15) is 12.6 Å². The van der Waals surface area contributed by atoms with Gasteiger partial charge in [-0.15, -0.1) is 0 Å². The Labute approximate surface area is 72.3 Å². The third-order valence-corrected chi connectivity index (χ3v) is 1.60. The fourth-order valence-electron chi connectivity index (χ4n) is 0.905. The standard InChI is InChI=1S/C9H11N3/c1-2-12(8-10)7-9-5-3-4-6-11-9/h3-6H,2,7H2,1H3. The van der Waals surface area contributed by atoms with E-state index < -0.39 is 0 Å². The molecule has 0 saturated carbocycles. The minimum atomic E-state index is 0.605. The molecule has 0 aromatic carbocycles. The molecule has 0 fully saturated rings. The zero-order valence-electron chi connectivity index (χ0n) is 7.07. The van der Waals surface area contributed by atoms with Crippen molar-refractivity contribution >= 4 is 0 Å². The van der Waals surface area contributed by atoms with Crippen molar-refractivity contribution in [2.24, 2.45) is 0 Å². The molecule has 0 atom stereocenters. The summed E-state index contributed by atoms with van der Waals surface area (Å²) in [5, 5.41) is 8.64. The second-order valence-corrected chi connectivity index (χ2v) is 2.44. The van der Waals surface area contributed by atoms with Gasteiger partial charge in [0.05, 0.1) is 12.2 Å². The Bertz CT molecular complexity index is 263. The molecule has 1 aromatic heterocycles. The van der Waals surface area contributed by atoms with Crippen LogP contribution in [0.4, 0.5) is 0 Å². The lowest BCUT2D eigenvalue weighted by molar-refractivity contribution is 0.401. The molecule has 3 heteroatoms. The lowest BCUT2D eigenvalue weighted by Gasteiger charge is -2.10. The van der Waals surface area contributed by atoms with Crippen LogP contribution in [-0.2, 0) is 6.54 Å². The van der Waals surface area contributed by atoms with Crippen LogP contribution >= 0.6 is 0 Å². The van der Waals surface area contributed by atoms with Crippen molar-refractivity contribution < 1.29 is 0 Å². The van der Waals surface area contributed by atoms with E-state index >= 15 is 0 Å².